The zero-order valence-corrected chi connectivity index (χ0v) is 13.2. The number of nitrogens with zero attached hydrogens (tertiary/aromatic N) is 4. The van der Waals surface area contributed by atoms with Crippen molar-refractivity contribution in [1.29, 1.82) is 0 Å². The molecule has 1 N–H and O–H groups in total. The minimum atomic E-state index is 0.761. The van der Waals surface area contributed by atoms with E-state index in [1.165, 1.54) is 31.5 Å². The molecule has 0 atom stereocenters. The van der Waals surface area contributed by atoms with Crippen LogP contribution in [0, 0.1) is 12.8 Å². The Kier molecular flexibility index (Phi) is 5.31. The Morgan fingerprint density at radius 2 is 2.10 bits per heavy atom. The molecule has 0 amide bonds. The minimum absolute atomic E-state index is 0.761. The average Bonchev–Trinajstić information content (AvgIpc) is 2.44. The first-order valence-electron chi connectivity index (χ1n) is 7.47. The molecule has 0 unspecified atom stereocenters. The van der Waals surface area contributed by atoms with Crippen molar-refractivity contribution in [2.24, 2.45) is 5.92 Å². The molecule has 1 aromatic heterocycles. The lowest BCUT2D eigenvalue weighted by molar-refractivity contribution is 0.222. The van der Waals surface area contributed by atoms with Crippen LogP contribution in [0.3, 0.4) is 0 Å². The maximum Gasteiger partial charge on any atom is 0.225 e. The predicted molar refractivity (Wildman–Crippen MR) is 83.0 cm³/mol. The standard InChI is InChI=1S/C15H27N5/c1-12-14(9-16-2)10-17-15(18-12)20(4)11-13-5-7-19(3)8-6-13/h10,13,16H,5-9,11H2,1-4H3. The third-order valence-electron chi connectivity index (χ3n) is 4.15. The first kappa shape index (κ1) is 15.2. The van der Waals surface area contributed by atoms with E-state index in [1.807, 2.05) is 13.2 Å². The first-order chi connectivity index (χ1) is 9.60. The molecule has 0 bridgehead atoms. The zero-order chi connectivity index (χ0) is 14.5. The van der Waals surface area contributed by atoms with Gasteiger partial charge in [0.1, 0.15) is 0 Å². The van der Waals surface area contributed by atoms with Crippen molar-refractivity contribution in [2.75, 3.05) is 45.7 Å². The number of anilines is 1. The number of aromatic nitrogens is 2. The van der Waals surface area contributed by atoms with E-state index in [-0.39, 0.29) is 0 Å². The van der Waals surface area contributed by atoms with E-state index in [9.17, 15) is 0 Å². The largest absolute Gasteiger partial charge is 0.344 e. The van der Waals surface area contributed by atoms with Gasteiger partial charge < -0.3 is 15.1 Å². The summed E-state index contributed by atoms with van der Waals surface area (Å²) in [7, 11) is 6.25. The fourth-order valence-electron chi connectivity index (χ4n) is 2.74. The molecule has 2 rings (SSSR count). The van der Waals surface area contributed by atoms with Gasteiger partial charge in [0.05, 0.1) is 0 Å². The van der Waals surface area contributed by atoms with Crippen molar-refractivity contribution in [2.45, 2.75) is 26.3 Å². The fourth-order valence-corrected chi connectivity index (χ4v) is 2.74. The van der Waals surface area contributed by atoms with E-state index in [1.54, 1.807) is 0 Å². The second kappa shape index (κ2) is 6.99. The summed E-state index contributed by atoms with van der Waals surface area (Å²) in [6.45, 7) is 6.35. The third-order valence-corrected chi connectivity index (χ3v) is 4.15. The molecule has 0 saturated carbocycles. The van der Waals surface area contributed by atoms with Crippen molar-refractivity contribution >= 4 is 5.95 Å². The number of rotatable bonds is 5. The maximum atomic E-state index is 4.64. The molecule has 2 heterocycles. The number of piperidine rings is 1. The summed E-state index contributed by atoms with van der Waals surface area (Å²) in [5, 5.41) is 3.15. The third kappa shape index (κ3) is 3.90. The molecular weight excluding hydrogens is 250 g/mol. The molecule has 0 aliphatic carbocycles. The second-order valence-corrected chi connectivity index (χ2v) is 5.94. The van der Waals surface area contributed by atoms with Crippen LogP contribution in [0.1, 0.15) is 24.1 Å². The highest BCUT2D eigenvalue weighted by atomic mass is 15.2. The number of likely N-dealkylation sites (tertiary alicyclic amines) is 1. The molecule has 5 heteroatoms. The summed E-state index contributed by atoms with van der Waals surface area (Å²) in [4.78, 5) is 13.7. The Bertz CT molecular complexity index is 426. The summed E-state index contributed by atoms with van der Waals surface area (Å²) in [5.74, 6) is 1.61. The van der Waals surface area contributed by atoms with Crippen molar-refractivity contribution in [3.8, 4) is 0 Å². The lowest BCUT2D eigenvalue weighted by atomic mass is 9.97. The lowest BCUT2D eigenvalue weighted by Gasteiger charge is -2.31. The molecule has 1 aliphatic heterocycles. The van der Waals surface area contributed by atoms with Crippen molar-refractivity contribution in [3.05, 3.63) is 17.5 Å². The van der Waals surface area contributed by atoms with Crippen molar-refractivity contribution in [3.63, 3.8) is 0 Å². The Balaban J connectivity index is 1.95. The Hall–Kier alpha value is -1.20. The smallest absolute Gasteiger partial charge is 0.225 e. The molecule has 1 fully saturated rings. The van der Waals surface area contributed by atoms with Gasteiger partial charge >= 0.3 is 0 Å². The molecule has 1 aromatic rings. The normalized spacial score (nSPS) is 17.4. The van der Waals surface area contributed by atoms with Gasteiger partial charge in [0.15, 0.2) is 0 Å². The predicted octanol–water partition coefficient (Wildman–Crippen LogP) is 1.28. The van der Waals surface area contributed by atoms with Crippen LogP contribution in [0.15, 0.2) is 6.20 Å². The fraction of sp³-hybridized carbons (Fsp3) is 0.733. The molecular formula is C15H27N5. The van der Waals surface area contributed by atoms with E-state index in [0.717, 1.165) is 30.6 Å². The van der Waals surface area contributed by atoms with E-state index < -0.39 is 0 Å². The molecule has 0 aromatic carbocycles. The highest BCUT2D eigenvalue weighted by Gasteiger charge is 2.19. The monoisotopic (exact) mass is 277 g/mol. The first-order valence-corrected chi connectivity index (χ1v) is 7.47. The molecule has 1 saturated heterocycles. The van der Waals surface area contributed by atoms with Crippen LogP contribution in [0.25, 0.3) is 0 Å². The summed E-state index contributed by atoms with van der Waals surface area (Å²) in [5.41, 5.74) is 2.24. The molecule has 0 spiro atoms. The Morgan fingerprint density at radius 3 is 2.70 bits per heavy atom. The van der Waals surface area contributed by atoms with E-state index in [2.05, 4.69) is 46.1 Å². The van der Waals surface area contributed by atoms with Crippen LogP contribution in [0.2, 0.25) is 0 Å². The second-order valence-electron chi connectivity index (χ2n) is 5.94. The molecule has 1 aliphatic rings. The lowest BCUT2D eigenvalue weighted by Crippen LogP contribution is -2.36. The van der Waals surface area contributed by atoms with Crippen LogP contribution in [0.5, 0.6) is 0 Å². The number of aryl methyl sites for hydroxylation is 1. The zero-order valence-electron chi connectivity index (χ0n) is 13.2. The number of hydrogen-bond acceptors (Lipinski definition) is 5. The summed E-state index contributed by atoms with van der Waals surface area (Å²) in [6.07, 6.45) is 4.49. The topological polar surface area (TPSA) is 44.3 Å². The number of nitrogens with one attached hydrogen (secondary N) is 1. The highest BCUT2D eigenvalue weighted by molar-refractivity contribution is 5.31. The van der Waals surface area contributed by atoms with Crippen LogP contribution in [-0.2, 0) is 6.54 Å². The summed E-state index contributed by atoms with van der Waals surface area (Å²) in [6, 6.07) is 0. The van der Waals surface area contributed by atoms with Crippen LogP contribution in [0.4, 0.5) is 5.95 Å². The van der Waals surface area contributed by atoms with Gasteiger partial charge in [-0.25, -0.2) is 9.97 Å². The molecule has 112 valence electrons. The molecule has 20 heavy (non-hydrogen) atoms. The van der Waals surface area contributed by atoms with Gasteiger partial charge in [-0.2, -0.15) is 0 Å². The Labute approximate surface area is 122 Å². The van der Waals surface area contributed by atoms with Gasteiger partial charge in [-0.05, 0) is 52.9 Å². The van der Waals surface area contributed by atoms with Gasteiger partial charge in [0.2, 0.25) is 5.95 Å². The van der Waals surface area contributed by atoms with Crippen LogP contribution in [-0.4, -0.2) is 55.6 Å². The highest BCUT2D eigenvalue weighted by Crippen LogP contribution is 2.19. The van der Waals surface area contributed by atoms with Crippen LogP contribution < -0.4 is 10.2 Å². The van der Waals surface area contributed by atoms with Crippen molar-refractivity contribution in [1.82, 2.24) is 20.2 Å². The van der Waals surface area contributed by atoms with Gasteiger partial charge in [-0.1, -0.05) is 0 Å². The van der Waals surface area contributed by atoms with E-state index in [4.69, 9.17) is 0 Å². The summed E-state index contributed by atoms with van der Waals surface area (Å²) >= 11 is 0. The SMILES string of the molecule is CNCc1cnc(N(C)CC2CCN(C)CC2)nc1C. The quantitative estimate of drug-likeness (QED) is 0.878. The van der Waals surface area contributed by atoms with Gasteiger partial charge in [0, 0.05) is 37.6 Å². The molecule has 0 radical (unpaired) electrons. The van der Waals surface area contributed by atoms with E-state index in [0.29, 0.717) is 0 Å². The van der Waals surface area contributed by atoms with Crippen molar-refractivity contribution < 1.29 is 0 Å². The minimum Gasteiger partial charge on any atom is -0.344 e. The van der Waals surface area contributed by atoms with E-state index >= 15 is 0 Å². The summed E-state index contributed by atoms with van der Waals surface area (Å²) < 4.78 is 0. The van der Waals surface area contributed by atoms with Crippen LogP contribution >= 0.6 is 0 Å². The van der Waals surface area contributed by atoms with Gasteiger partial charge in [0.25, 0.3) is 0 Å². The maximum absolute atomic E-state index is 4.64. The van der Waals surface area contributed by atoms with Gasteiger partial charge in [-0.15, -0.1) is 0 Å². The average molecular weight is 277 g/mol. The van der Waals surface area contributed by atoms with Gasteiger partial charge in [-0.3, -0.25) is 0 Å². The molecule has 5 nitrogen and oxygen atoms in total. The number of hydrogen-bond donors (Lipinski definition) is 1. The Morgan fingerprint density at radius 1 is 1.40 bits per heavy atom.